The Morgan fingerprint density at radius 3 is 0.969 bits per heavy atom. The molecule has 0 aromatic rings. The number of hydrogen-bond donors (Lipinski definition) is 1. The summed E-state index contributed by atoms with van der Waals surface area (Å²) in [5.74, 6) is -0.699. The minimum atomic E-state index is -0.659. The maximum atomic E-state index is 11.2. The lowest BCUT2D eigenvalue weighted by Crippen LogP contribution is -2.03. The molecule has 0 aliphatic carbocycles. The van der Waals surface area contributed by atoms with Crippen molar-refractivity contribution in [3.8, 4) is 0 Å². The lowest BCUT2D eigenvalue weighted by atomic mass is 10.0. The Labute approximate surface area is 199 Å². The molecule has 1 N–H and O–H groups in total. The molecule has 0 saturated heterocycles. The first-order valence-electron chi connectivity index (χ1n) is 14.0. The normalized spacial score (nSPS) is 11.0. The van der Waals surface area contributed by atoms with Crippen LogP contribution in [0.15, 0.2) is 0 Å². The Hall–Kier alpha value is -1.06. The molecule has 0 saturated carbocycles. The monoisotopic (exact) mass is 454 g/mol. The summed E-state index contributed by atoms with van der Waals surface area (Å²) in [7, 11) is 0. The highest BCUT2D eigenvalue weighted by Crippen LogP contribution is 2.15. The molecule has 0 radical (unpaired) electrons. The average Bonchev–Trinajstić information content (AvgIpc) is 2.76. The van der Waals surface area contributed by atoms with Crippen LogP contribution < -0.4 is 0 Å². The number of carboxylic acid groups (broad SMARTS) is 1. The summed E-state index contributed by atoms with van der Waals surface area (Å²) in [5.41, 5.74) is 0. The highest BCUT2D eigenvalue weighted by Gasteiger charge is 2.01. The Bertz CT molecular complexity index is 408. The Balaban J connectivity index is 3.05. The van der Waals surface area contributed by atoms with Gasteiger partial charge in [0.25, 0.3) is 0 Å². The maximum Gasteiger partial charge on any atom is 0.305 e. The second-order valence-electron chi connectivity index (χ2n) is 9.48. The first-order valence-corrected chi connectivity index (χ1v) is 14.0. The Morgan fingerprint density at radius 2 is 0.719 bits per heavy atom. The maximum absolute atomic E-state index is 11.2. The highest BCUT2D eigenvalue weighted by atomic mass is 16.5. The molecule has 0 atom stereocenters. The number of ether oxygens (including phenoxy) is 1. The van der Waals surface area contributed by atoms with Gasteiger partial charge in [0.15, 0.2) is 0 Å². The summed E-state index contributed by atoms with van der Waals surface area (Å²) in [5, 5.41) is 8.60. The first kappa shape index (κ1) is 30.9. The summed E-state index contributed by atoms with van der Waals surface area (Å²) in [4.78, 5) is 21.7. The van der Waals surface area contributed by atoms with Crippen LogP contribution in [-0.4, -0.2) is 23.7 Å². The molecular weight excluding hydrogens is 400 g/mol. The third-order valence-corrected chi connectivity index (χ3v) is 6.33. The van der Waals surface area contributed by atoms with Gasteiger partial charge in [0.05, 0.1) is 6.61 Å². The van der Waals surface area contributed by atoms with Crippen molar-refractivity contribution in [1.82, 2.24) is 0 Å². The van der Waals surface area contributed by atoms with Crippen LogP contribution in [0.4, 0.5) is 0 Å². The molecule has 4 nitrogen and oxygen atoms in total. The van der Waals surface area contributed by atoms with Crippen LogP contribution >= 0.6 is 0 Å². The van der Waals surface area contributed by atoms with E-state index in [9.17, 15) is 9.59 Å². The van der Waals surface area contributed by atoms with E-state index in [-0.39, 0.29) is 5.97 Å². The van der Waals surface area contributed by atoms with Gasteiger partial charge in [-0.05, 0) is 19.8 Å². The van der Waals surface area contributed by atoms with E-state index in [4.69, 9.17) is 9.84 Å². The second kappa shape index (κ2) is 26.2. The fourth-order valence-electron chi connectivity index (χ4n) is 4.31. The van der Waals surface area contributed by atoms with Crippen molar-refractivity contribution in [2.75, 3.05) is 6.61 Å². The fourth-order valence-corrected chi connectivity index (χ4v) is 4.31. The zero-order valence-electron chi connectivity index (χ0n) is 21.3. The Kier molecular flexibility index (Phi) is 25.3. The van der Waals surface area contributed by atoms with Crippen LogP contribution in [-0.2, 0) is 14.3 Å². The van der Waals surface area contributed by atoms with E-state index in [0.29, 0.717) is 19.4 Å². The van der Waals surface area contributed by atoms with E-state index < -0.39 is 5.97 Å². The van der Waals surface area contributed by atoms with E-state index in [2.05, 4.69) is 0 Å². The smallest absolute Gasteiger partial charge is 0.305 e. The molecule has 190 valence electrons. The van der Waals surface area contributed by atoms with Crippen LogP contribution in [0.2, 0.25) is 0 Å². The van der Waals surface area contributed by atoms with Crippen molar-refractivity contribution < 1.29 is 19.4 Å². The van der Waals surface area contributed by atoms with Gasteiger partial charge in [0.1, 0.15) is 0 Å². The van der Waals surface area contributed by atoms with Crippen LogP contribution in [0.25, 0.3) is 0 Å². The molecule has 0 amide bonds. The molecule has 32 heavy (non-hydrogen) atoms. The van der Waals surface area contributed by atoms with Crippen molar-refractivity contribution in [2.24, 2.45) is 0 Å². The molecule has 0 aliphatic rings. The number of aliphatic carboxylic acids is 1. The molecule has 0 aliphatic heterocycles. The van der Waals surface area contributed by atoms with E-state index in [1.165, 1.54) is 116 Å². The zero-order chi connectivity index (χ0) is 23.5. The largest absolute Gasteiger partial charge is 0.481 e. The second-order valence-corrected chi connectivity index (χ2v) is 9.48. The summed E-state index contributed by atoms with van der Waals surface area (Å²) < 4.78 is 4.95. The number of carbonyl (C=O) groups is 2. The predicted molar refractivity (Wildman–Crippen MR) is 135 cm³/mol. The van der Waals surface area contributed by atoms with Gasteiger partial charge in [0.2, 0.25) is 0 Å². The number of carboxylic acids is 1. The fraction of sp³-hybridized carbons (Fsp3) is 0.929. The SMILES string of the molecule is CCOC(=O)CCCCCCCCCCCCCCCCCCCCCCCCC(=O)O. The molecule has 0 fully saturated rings. The number of carbonyl (C=O) groups excluding carboxylic acids is 1. The lowest BCUT2D eigenvalue weighted by molar-refractivity contribution is -0.143. The van der Waals surface area contributed by atoms with Gasteiger partial charge in [-0.3, -0.25) is 9.59 Å². The van der Waals surface area contributed by atoms with Crippen LogP contribution in [0.1, 0.15) is 161 Å². The van der Waals surface area contributed by atoms with Gasteiger partial charge in [-0.25, -0.2) is 0 Å². The minimum Gasteiger partial charge on any atom is -0.481 e. The molecule has 0 aromatic carbocycles. The minimum absolute atomic E-state index is 0.0396. The van der Waals surface area contributed by atoms with Gasteiger partial charge in [-0.15, -0.1) is 0 Å². The summed E-state index contributed by atoms with van der Waals surface area (Å²) >= 11 is 0. The average molecular weight is 455 g/mol. The standard InChI is InChI=1S/C28H54O4/c1-2-32-28(31)26-24-22-20-18-16-14-12-10-8-6-4-3-5-7-9-11-13-15-17-19-21-23-25-27(29)30/h2-26H2,1H3,(H,29,30). The third kappa shape index (κ3) is 27.0. The number of hydrogen-bond acceptors (Lipinski definition) is 3. The van der Waals surface area contributed by atoms with Gasteiger partial charge < -0.3 is 9.84 Å². The predicted octanol–water partition coefficient (Wildman–Crippen LogP) is 9.00. The topological polar surface area (TPSA) is 63.6 Å². The van der Waals surface area contributed by atoms with Crippen molar-refractivity contribution in [3.63, 3.8) is 0 Å². The molecule has 4 heteroatoms. The van der Waals surface area contributed by atoms with Crippen molar-refractivity contribution in [2.45, 2.75) is 161 Å². The van der Waals surface area contributed by atoms with Crippen LogP contribution in [0, 0.1) is 0 Å². The number of rotatable bonds is 26. The third-order valence-electron chi connectivity index (χ3n) is 6.33. The number of esters is 1. The summed E-state index contributed by atoms with van der Waals surface area (Å²) in [6, 6.07) is 0. The Morgan fingerprint density at radius 1 is 0.469 bits per heavy atom. The highest BCUT2D eigenvalue weighted by molar-refractivity contribution is 5.69. The zero-order valence-corrected chi connectivity index (χ0v) is 21.3. The van der Waals surface area contributed by atoms with E-state index in [1.807, 2.05) is 6.92 Å². The van der Waals surface area contributed by atoms with E-state index >= 15 is 0 Å². The van der Waals surface area contributed by atoms with Crippen LogP contribution in [0.3, 0.4) is 0 Å². The molecule has 0 unspecified atom stereocenters. The molecule has 0 heterocycles. The quantitative estimate of drug-likeness (QED) is 0.105. The van der Waals surface area contributed by atoms with Crippen molar-refractivity contribution >= 4 is 11.9 Å². The molecular formula is C28H54O4. The lowest BCUT2D eigenvalue weighted by Gasteiger charge is -2.04. The molecule has 0 bridgehead atoms. The van der Waals surface area contributed by atoms with Gasteiger partial charge in [-0.2, -0.15) is 0 Å². The summed E-state index contributed by atoms with van der Waals surface area (Å²) in [6.07, 6.45) is 29.5. The summed E-state index contributed by atoms with van der Waals surface area (Å²) in [6.45, 7) is 2.36. The van der Waals surface area contributed by atoms with E-state index in [0.717, 1.165) is 25.7 Å². The van der Waals surface area contributed by atoms with Gasteiger partial charge in [-0.1, -0.05) is 128 Å². The van der Waals surface area contributed by atoms with E-state index in [1.54, 1.807) is 0 Å². The number of unbranched alkanes of at least 4 members (excludes halogenated alkanes) is 21. The van der Waals surface area contributed by atoms with Gasteiger partial charge in [0, 0.05) is 12.8 Å². The molecule has 0 aromatic heterocycles. The molecule has 0 rings (SSSR count). The van der Waals surface area contributed by atoms with Crippen molar-refractivity contribution in [1.29, 1.82) is 0 Å². The van der Waals surface area contributed by atoms with Crippen molar-refractivity contribution in [3.05, 3.63) is 0 Å². The first-order chi connectivity index (χ1) is 15.7. The van der Waals surface area contributed by atoms with Crippen LogP contribution in [0.5, 0.6) is 0 Å². The van der Waals surface area contributed by atoms with Gasteiger partial charge >= 0.3 is 11.9 Å². The molecule has 0 spiro atoms.